The molecule has 29 nitrogen and oxygen atoms in total. The Balaban J connectivity index is 7.18. The molecule has 6 atom stereocenters. The van der Waals surface area contributed by atoms with Crippen LogP contribution in [0.2, 0.25) is 0 Å². The van der Waals surface area contributed by atoms with Crippen molar-refractivity contribution in [3.8, 4) is 0 Å². The van der Waals surface area contributed by atoms with Gasteiger partial charge in [0.2, 0.25) is 0 Å². The fourth-order valence-electron chi connectivity index (χ4n) is 15.3. The van der Waals surface area contributed by atoms with E-state index in [2.05, 4.69) is 56.7 Å². The van der Waals surface area contributed by atoms with Crippen LogP contribution < -0.4 is 5.32 Å². The average Bonchev–Trinajstić information content (AvgIpc) is 0.933. The second-order valence-corrected chi connectivity index (χ2v) is 46.0. The Morgan fingerprint density at radius 2 is 0.374 bits per heavy atom. The van der Waals surface area contributed by atoms with Crippen LogP contribution in [0.4, 0.5) is 0 Å². The normalized spacial score (nSPS) is 12.8. The highest BCUT2D eigenvalue weighted by Gasteiger charge is 2.25. The molecule has 0 saturated heterocycles. The summed E-state index contributed by atoms with van der Waals surface area (Å²) in [5.74, 6) is 3.25. The largest absolute Gasteiger partial charge is 0.463 e. The van der Waals surface area contributed by atoms with Gasteiger partial charge in [-0.1, -0.05) is 276 Å². The molecule has 0 amide bonds. The maximum absolute atomic E-state index is 13.7. The van der Waals surface area contributed by atoms with Crippen LogP contribution in [-0.2, 0) is 114 Å². The molecule has 1 N–H and O–H groups in total. The van der Waals surface area contributed by atoms with Crippen LogP contribution >= 0.6 is 70.6 Å². The van der Waals surface area contributed by atoms with E-state index < -0.39 is 35.8 Å². The number of nitrogens with zero attached hydrogens (tertiary/aromatic N) is 4. The first kappa shape index (κ1) is 143. The van der Waals surface area contributed by atoms with Crippen molar-refractivity contribution in [3.63, 3.8) is 0 Å². The summed E-state index contributed by atoms with van der Waals surface area (Å²) in [6.07, 6.45) is 43.1. The van der Waals surface area contributed by atoms with E-state index in [1.807, 2.05) is 63.1 Å². The molecule has 0 aliphatic carbocycles. The van der Waals surface area contributed by atoms with Crippen molar-refractivity contribution in [3.05, 3.63) is 0 Å². The molecule has 0 aliphatic heterocycles. The topological polar surface area (TPSA) is 341 Å². The van der Waals surface area contributed by atoms with Gasteiger partial charge in [0.05, 0.1) is 81.3 Å². The Morgan fingerprint density at radius 3 is 0.585 bits per heavy atom. The second-order valence-electron chi connectivity index (χ2n) is 39.1. The highest BCUT2D eigenvalue weighted by molar-refractivity contribution is 8.00. The third-order valence-corrected chi connectivity index (χ3v) is 32.9. The lowest BCUT2D eigenvalue weighted by molar-refractivity contribution is -0.154. The predicted octanol–water partition coefficient (Wildman–Crippen LogP) is 21.5. The van der Waals surface area contributed by atoms with E-state index in [1.54, 1.807) is 58.8 Å². The molecular weight excluding hydrogens is 1990 g/mol. The lowest BCUT2D eigenvalue weighted by Gasteiger charge is -2.28. The van der Waals surface area contributed by atoms with E-state index in [-0.39, 0.29) is 241 Å². The van der Waals surface area contributed by atoms with Crippen LogP contribution in [0.3, 0.4) is 0 Å². The third kappa shape index (κ3) is 93.8. The van der Waals surface area contributed by atoms with Gasteiger partial charge in [-0.25, -0.2) is 0 Å². The second kappa shape index (κ2) is 106. The number of hydrogen-bond donors (Lipinski definition) is 1. The molecule has 147 heavy (non-hydrogen) atoms. The van der Waals surface area contributed by atoms with E-state index in [1.165, 1.54) is 193 Å². The number of nitrogens with one attached hydrogen (secondary N) is 1. The van der Waals surface area contributed by atoms with Crippen LogP contribution in [0.25, 0.3) is 0 Å². The van der Waals surface area contributed by atoms with Gasteiger partial charge in [0, 0.05) is 138 Å². The zero-order valence-electron chi connectivity index (χ0n) is 94.0. The zero-order chi connectivity index (χ0) is 108. The monoisotopic (exact) mass is 2200 g/mol. The van der Waals surface area contributed by atoms with E-state index in [0.29, 0.717) is 81.1 Å². The minimum Gasteiger partial charge on any atom is -0.463 e. The first-order chi connectivity index (χ1) is 71.3. The van der Waals surface area contributed by atoms with Gasteiger partial charge in [-0.3, -0.25) is 57.5 Å². The van der Waals surface area contributed by atoms with Gasteiger partial charge in [0.25, 0.3) is 0 Å². The van der Waals surface area contributed by atoms with Crippen molar-refractivity contribution in [1.82, 2.24) is 24.9 Å². The Hall–Kier alpha value is -4.30. The average molecular weight is 2200 g/mol. The number of ketones is 1. The Labute approximate surface area is 916 Å². The van der Waals surface area contributed by atoms with Gasteiger partial charge in [0.1, 0.15) is 78.5 Å². The first-order valence-corrected chi connectivity index (χ1v) is 64.2. The molecule has 0 aliphatic rings. The zero-order valence-corrected chi connectivity index (χ0v) is 98.9. The Bertz CT molecular complexity index is 3100. The van der Waals surface area contributed by atoms with Gasteiger partial charge in [-0.2, -0.15) is 70.6 Å². The molecular formula is C112H207N5O24S6. The molecule has 860 valence electrons. The number of thioether (sulfide) groups is 6. The van der Waals surface area contributed by atoms with Gasteiger partial charge in [0.15, 0.2) is 0 Å². The number of esters is 11. The van der Waals surface area contributed by atoms with Gasteiger partial charge < -0.3 is 81.8 Å². The van der Waals surface area contributed by atoms with Crippen molar-refractivity contribution in [2.24, 2.45) is 35.5 Å². The molecule has 0 aromatic rings. The van der Waals surface area contributed by atoms with E-state index in [9.17, 15) is 57.5 Å². The molecule has 0 rings (SSSR count). The molecule has 0 fully saturated rings. The SMILES string of the molecule is CCCCCCCCSCC(C)C(=O)CCOCCOC(=O)CCN(CCNCCN(CCC(=O)OCCOC(=O)C(C)CSCCCCCCCC)CCN(CCC(=O)OCCOC(=O)C(C)CSCCCCCCCC)CCC(=O)OCCOC(=O)C(C)CSCCCCCCCC)CCN(CCC(=O)OCCOC(=O)C(C)CSCCCCCCCC)CCC(=O)OCCOC(=O)C(C)CSCCCCCCCC. The quantitative estimate of drug-likeness (QED) is 0.0336. The lowest BCUT2D eigenvalue weighted by Crippen LogP contribution is -2.43. The minimum atomic E-state index is -0.538. The number of Topliss-reactive ketones (excluding diaryl/α,β-unsaturated/α-hetero) is 1. The Morgan fingerprint density at radius 1 is 0.197 bits per heavy atom. The summed E-state index contributed by atoms with van der Waals surface area (Å²) in [6.45, 7) is 27.4. The van der Waals surface area contributed by atoms with Crippen LogP contribution in [-0.4, -0.2) is 338 Å². The Kier molecular flexibility index (Phi) is 103. The summed E-state index contributed by atoms with van der Waals surface area (Å²) in [6, 6.07) is 0. The highest BCUT2D eigenvalue weighted by atomic mass is 32.2. The summed E-state index contributed by atoms with van der Waals surface area (Å²) in [5, 5.41) is 3.56. The van der Waals surface area contributed by atoms with Crippen molar-refractivity contribution in [2.75, 3.05) is 247 Å². The smallest absolute Gasteiger partial charge is 0.309 e. The fraction of sp³-hybridized carbons (Fsp3) is 0.893. The van der Waals surface area contributed by atoms with Crippen molar-refractivity contribution in [2.45, 2.75) is 359 Å². The number of carbonyl (C=O) groups excluding carboxylic acids is 12. The van der Waals surface area contributed by atoms with Crippen molar-refractivity contribution < 1.29 is 114 Å². The summed E-state index contributed by atoms with van der Waals surface area (Å²) in [7, 11) is 0. The summed E-state index contributed by atoms with van der Waals surface area (Å²) in [5.41, 5.74) is 0. The number of unbranched alkanes of at least 4 members (excludes halogenated alkanes) is 30. The van der Waals surface area contributed by atoms with Crippen LogP contribution in [0.5, 0.6) is 0 Å². The van der Waals surface area contributed by atoms with Gasteiger partial charge >= 0.3 is 65.7 Å². The standard InChI is InChI=1S/C112H207N5O24S6/c1-13-19-25-31-37-43-83-142-89-95(7)101(118)55-70-130-71-72-131-102(119)53-62-116(68-66-114(58-49-103(120)132-73-78-137-108(125)96(8)90-143-84-44-38-32-26-20-14-2)59-50-104(121)133-74-79-138-109(126)97(9)91-144-85-45-39-33-27-21-15-3)64-56-113-57-65-117(63-54-107(124)136-77-82-141-112(129)100(12)94-147-88-48-42-36-30-24-18-6)69-67-115(60-51-105(122)134-75-80-139-110(127)98(10)92-145-86-46-40-34-28-22-16-4)61-52-106(123)135-76-81-140-111(128)99(11)93-146-87-47-41-35-29-23-17-5/h95-100,113H,13-94H2,1-12H3. The van der Waals surface area contributed by atoms with Gasteiger partial charge in [-0.05, 0) is 73.0 Å². The van der Waals surface area contributed by atoms with E-state index >= 15 is 0 Å². The third-order valence-electron chi connectivity index (χ3n) is 25.0. The number of rotatable bonds is 111. The highest BCUT2D eigenvalue weighted by Crippen LogP contribution is 2.23. The minimum absolute atomic E-state index is 0.00900. The number of ether oxygens (including phenoxy) is 12. The van der Waals surface area contributed by atoms with Crippen LogP contribution in [0.15, 0.2) is 0 Å². The number of carbonyl (C=O) groups is 12. The summed E-state index contributed by atoms with van der Waals surface area (Å²) < 4.78 is 67.2. The van der Waals surface area contributed by atoms with E-state index in [0.717, 1.165) is 78.8 Å². The molecule has 35 heteroatoms. The fourth-order valence-corrected chi connectivity index (χ4v) is 21.7. The summed E-state index contributed by atoms with van der Waals surface area (Å²) >= 11 is 10.5. The molecule has 0 spiro atoms. The molecule has 0 aromatic carbocycles. The molecule has 0 radical (unpaired) electrons. The first-order valence-electron chi connectivity index (χ1n) is 57.3. The lowest BCUT2D eigenvalue weighted by atomic mass is 10.1. The van der Waals surface area contributed by atoms with Crippen molar-refractivity contribution >= 4 is 142 Å². The molecule has 0 bridgehead atoms. The molecule has 0 aromatic heterocycles. The van der Waals surface area contributed by atoms with Gasteiger partial charge in [-0.15, -0.1) is 0 Å². The van der Waals surface area contributed by atoms with Crippen molar-refractivity contribution in [1.29, 1.82) is 0 Å². The predicted molar refractivity (Wildman–Crippen MR) is 607 cm³/mol. The molecule has 0 saturated carbocycles. The van der Waals surface area contributed by atoms with Crippen LogP contribution in [0, 0.1) is 35.5 Å². The number of hydrogen-bond acceptors (Lipinski definition) is 35. The maximum Gasteiger partial charge on any atom is 0.309 e. The molecule has 6 unspecified atom stereocenters. The van der Waals surface area contributed by atoms with E-state index in [4.69, 9.17) is 56.8 Å². The van der Waals surface area contributed by atoms with Crippen LogP contribution in [0.1, 0.15) is 359 Å². The summed E-state index contributed by atoms with van der Waals surface area (Å²) in [4.78, 5) is 168. The maximum atomic E-state index is 13.7. The molecule has 0 heterocycles.